The molecular formula is C13H22N4. The Morgan fingerprint density at radius 2 is 2.18 bits per heavy atom. The molecule has 0 aliphatic carbocycles. The third kappa shape index (κ3) is 3.33. The number of rotatable bonds is 3. The first-order chi connectivity index (χ1) is 8.29. The summed E-state index contributed by atoms with van der Waals surface area (Å²) in [6, 6.07) is 4.25. The number of hydrogen-bond donors (Lipinski definition) is 1. The Labute approximate surface area is 104 Å². The van der Waals surface area contributed by atoms with Gasteiger partial charge in [-0.05, 0) is 33.0 Å². The molecule has 0 bridgehead atoms. The Hall–Kier alpha value is -1.29. The minimum Gasteiger partial charge on any atom is -0.370 e. The van der Waals surface area contributed by atoms with Gasteiger partial charge in [-0.2, -0.15) is 0 Å². The van der Waals surface area contributed by atoms with Gasteiger partial charge in [-0.1, -0.05) is 0 Å². The number of nitrogens with zero attached hydrogens (tertiary/aromatic N) is 3. The minimum absolute atomic E-state index is 0.916. The molecule has 4 nitrogen and oxygen atoms in total. The quantitative estimate of drug-likeness (QED) is 0.862. The Bertz CT molecular complexity index is 353. The van der Waals surface area contributed by atoms with Crippen LogP contribution < -0.4 is 10.2 Å². The number of anilines is 2. The number of pyridine rings is 1. The van der Waals surface area contributed by atoms with Crippen molar-refractivity contribution in [2.45, 2.75) is 13.3 Å². The van der Waals surface area contributed by atoms with Crippen LogP contribution in [0.5, 0.6) is 0 Å². The molecule has 94 valence electrons. The molecule has 1 aliphatic heterocycles. The molecule has 1 N–H and O–H groups in total. The lowest BCUT2D eigenvalue weighted by Gasteiger charge is -2.23. The van der Waals surface area contributed by atoms with Gasteiger partial charge in [-0.25, -0.2) is 4.98 Å². The standard InChI is InChI=1S/C13H22N4/c1-3-14-13-11-12(5-6-15-13)17-8-4-7-16(2)9-10-17/h5-6,11H,3-4,7-10H2,1-2H3,(H,14,15). The van der Waals surface area contributed by atoms with Crippen LogP contribution in [0.2, 0.25) is 0 Å². The molecule has 1 aromatic heterocycles. The molecule has 0 saturated carbocycles. The first-order valence-corrected chi connectivity index (χ1v) is 6.43. The third-order valence-corrected chi connectivity index (χ3v) is 3.19. The normalized spacial score (nSPS) is 17.9. The van der Waals surface area contributed by atoms with Crippen molar-refractivity contribution in [1.29, 1.82) is 0 Å². The van der Waals surface area contributed by atoms with Crippen LogP contribution in [0.25, 0.3) is 0 Å². The van der Waals surface area contributed by atoms with Gasteiger partial charge >= 0.3 is 0 Å². The van der Waals surface area contributed by atoms with Crippen molar-refractivity contribution in [3.05, 3.63) is 18.3 Å². The molecule has 2 rings (SSSR count). The summed E-state index contributed by atoms with van der Waals surface area (Å²) >= 11 is 0. The fraction of sp³-hybridized carbons (Fsp3) is 0.615. The fourth-order valence-corrected chi connectivity index (χ4v) is 2.20. The summed E-state index contributed by atoms with van der Waals surface area (Å²) in [6.45, 7) is 7.58. The minimum atomic E-state index is 0.916. The first-order valence-electron chi connectivity index (χ1n) is 6.43. The van der Waals surface area contributed by atoms with Crippen LogP contribution in [0.3, 0.4) is 0 Å². The highest BCUT2D eigenvalue weighted by molar-refractivity contribution is 5.53. The number of aromatic nitrogens is 1. The van der Waals surface area contributed by atoms with Crippen LogP contribution in [0, 0.1) is 0 Å². The Balaban J connectivity index is 2.07. The largest absolute Gasteiger partial charge is 0.370 e. The van der Waals surface area contributed by atoms with Crippen LogP contribution in [0.4, 0.5) is 11.5 Å². The summed E-state index contributed by atoms with van der Waals surface area (Å²) in [4.78, 5) is 9.16. The number of nitrogens with one attached hydrogen (secondary N) is 1. The summed E-state index contributed by atoms with van der Waals surface area (Å²) in [5.41, 5.74) is 1.28. The SMILES string of the molecule is CCNc1cc(N2CCCN(C)CC2)ccn1. The summed E-state index contributed by atoms with van der Waals surface area (Å²) in [5, 5.41) is 3.26. The van der Waals surface area contributed by atoms with E-state index >= 15 is 0 Å². The Morgan fingerprint density at radius 1 is 1.29 bits per heavy atom. The van der Waals surface area contributed by atoms with Crippen LogP contribution in [0.1, 0.15) is 13.3 Å². The van der Waals surface area contributed by atoms with Gasteiger partial charge < -0.3 is 15.1 Å². The molecule has 0 aromatic carbocycles. The summed E-state index contributed by atoms with van der Waals surface area (Å²) in [5.74, 6) is 0.975. The van der Waals surface area contributed by atoms with Gasteiger partial charge in [0.1, 0.15) is 5.82 Å². The predicted molar refractivity (Wildman–Crippen MR) is 72.7 cm³/mol. The average molecular weight is 234 g/mol. The van der Waals surface area contributed by atoms with Gasteiger partial charge in [0, 0.05) is 44.1 Å². The van der Waals surface area contributed by atoms with E-state index in [2.05, 4.69) is 46.2 Å². The number of hydrogen-bond acceptors (Lipinski definition) is 4. The van der Waals surface area contributed by atoms with E-state index in [0.717, 1.165) is 32.0 Å². The monoisotopic (exact) mass is 234 g/mol. The van der Waals surface area contributed by atoms with Crippen molar-refractivity contribution < 1.29 is 0 Å². The summed E-state index contributed by atoms with van der Waals surface area (Å²) < 4.78 is 0. The second kappa shape index (κ2) is 5.87. The van der Waals surface area contributed by atoms with Crippen LogP contribution in [-0.4, -0.2) is 49.7 Å². The van der Waals surface area contributed by atoms with E-state index in [1.165, 1.54) is 18.7 Å². The molecule has 0 atom stereocenters. The number of likely N-dealkylation sites (N-methyl/N-ethyl adjacent to an activating group) is 1. The van der Waals surface area contributed by atoms with E-state index < -0.39 is 0 Å². The molecule has 1 aromatic rings. The highest BCUT2D eigenvalue weighted by atomic mass is 15.2. The van der Waals surface area contributed by atoms with E-state index in [0.29, 0.717) is 0 Å². The molecule has 17 heavy (non-hydrogen) atoms. The average Bonchev–Trinajstić information content (AvgIpc) is 2.55. The zero-order chi connectivity index (χ0) is 12.1. The molecule has 1 aliphatic rings. The molecule has 0 radical (unpaired) electrons. The van der Waals surface area contributed by atoms with Crippen LogP contribution in [-0.2, 0) is 0 Å². The lowest BCUT2D eigenvalue weighted by atomic mass is 10.3. The van der Waals surface area contributed by atoms with Crippen molar-refractivity contribution in [1.82, 2.24) is 9.88 Å². The Kier molecular flexibility index (Phi) is 4.20. The molecule has 0 unspecified atom stereocenters. The van der Waals surface area contributed by atoms with Crippen molar-refractivity contribution in [3.8, 4) is 0 Å². The second-order valence-corrected chi connectivity index (χ2v) is 4.57. The van der Waals surface area contributed by atoms with Gasteiger partial charge in [-0.3, -0.25) is 0 Å². The molecule has 2 heterocycles. The second-order valence-electron chi connectivity index (χ2n) is 4.57. The van der Waals surface area contributed by atoms with Gasteiger partial charge in [-0.15, -0.1) is 0 Å². The molecule has 1 saturated heterocycles. The molecular weight excluding hydrogens is 212 g/mol. The molecule has 0 amide bonds. The van der Waals surface area contributed by atoms with E-state index in [-0.39, 0.29) is 0 Å². The fourth-order valence-electron chi connectivity index (χ4n) is 2.20. The lowest BCUT2D eigenvalue weighted by molar-refractivity contribution is 0.360. The maximum absolute atomic E-state index is 4.31. The highest BCUT2D eigenvalue weighted by Crippen LogP contribution is 2.18. The van der Waals surface area contributed by atoms with E-state index in [1.54, 1.807) is 0 Å². The van der Waals surface area contributed by atoms with E-state index in [9.17, 15) is 0 Å². The highest BCUT2D eigenvalue weighted by Gasteiger charge is 2.12. The van der Waals surface area contributed by atoms with Gasteiger partial charge in [0.25, 0.3) is 0 Å². The van der Waals surface area contributed by atoms with Crippen LogP contribution >= 0.6 is 0 Å². The first kappa shape index (κ1) is 12.2. The summed E-state index contributed by atoms with van der Waals surface area (Å²) in [6.07, 6.45) is 3.12. The maximum Gasteiger partial charge on any atom is 0.127 e. The molecule has 4 heteroatoms. The van der Waals surface area contributed by atoms with E-state index in [4.69, 9.17) is 0 Å². The maximum atomic E-state index is 4.31. The predicted octanol–water partition coefficient (Wildman–Crippen LogP) is 1.66. The summed E-state index contributed by atoms with van der Waals surface area (Å²) in [7, 11) is 2.19. The van der Waals surface area contributed by atoms with Crippen molar-refractivity contribution >= 4 is 11.5 Å². The van der Waals surface area contributed by atoms with Gasteiger partial charge in [0.15, 0.2) is 0 Å². The topological polar surface area (TPSA) is 31.4 Å². The van der Waals surface area contributed by atoms with E-state index in [1.807, 2.05) is 6.20 Å². The molecule has 1 fully saturated rings. The lowest BCUT2D eigenvalue weighted by Crippen LogP contribution is -2.28. The smallest absolute Gasteiger partial charge is 0.127 e. The van der Waals surface area contributed by atoms with Gasteiger partial charge in [0.2, 0.25) is 0 Å². The van der Waals surface area contributed by atoms with Crippen molar-refractivity contribution in [2.75, 3.05) is 50.0 Å². The van der Waals surface area contributed by atoms with Crippen LogP contribution in [0.15, 0.2) is 18.3 Å². The zero-order valence-corrected chi connectivity index (χ0v) is 10.8. The third-order valence-electron chi connectivity index (χ3n) is 3.19. The molecule has 0 spiro atoms. The van der Waals surface area contributed by atoms with Gasteiger partial charge in [0.05, 0.1) is 0 Å². The zero-order valence-electron chi connectivity index (χ0n) is 10.8. The van der Waals surface area contributed by atoms with Crippen molar-refractivity contribution in [3.63, 3.8) is 0 Å². The Morgan fingerprint density at radius 3 is 3.00 bits per heavy atom. The van der Waals surface area contributed by atoms with Crippen molar-refractivity contribution in [2.24, 2.45) is 0 Å².